The molecule has 0 atom stereocenters. The maximum absolute atomic E-state index is 13.6. The number of para-hydroxylation sites is 1. The van der Waals surface area contributed by atoms with E-state index in [0.29, 0.717) is 13.1 Å². The minimum Gasteiger partial charge on any atom is -0.368 e. The molecule has 0 spiro atoms. The number of piperazine rings is 1. The van der Waals surface area contributed by atoms with E-state index in [1.54, 1.807) is 23.1 Å². The van der Waals surface area contributed by atoms with Gasteiger partial charge in [-0.3, -0.25) is 0 Å². The second kappa shape index (κ2) is 6.91. The summed E-state index contributed by atoms with van der Waals surface area (Å²) >= 11 is 0. The van der Waals surface area contributed by atoms with E-state index in [1.165, 1.54) is 22.9 Å². The molecule has 1 saturated heterocycles. The Kier molecular flexibility index (Phi) is 4.69. The summed E-state index contributed by atoms with van der Waals surface area (Å²) in [7, 11) is 0. The predicted octanol–water partition coefficient (Wildman–Crippen LogP) is 3.80. The fraction of sp³-hybridized carbons (Fsp3) is 0.316. The first-order chi connectivity index (χ1) is 11.5. The highest BCUT2D eigenvalue weighted by molar-refractivity contribution is 5.89. The molecule has 126 valence electrons. The van der Waals surface area contributed by atoms with Crippen molar-refractivity contribution in [3.63, 3.8) is 0 Å². The first-order valence-electron chi connectivity index (χ1n) is 8.16. The van der Waals surface area contributed by atoms with Gasteiger partial charge in [-0.05, 0) is 49.2 Å². The molecule has 1 heterocycles. The van der Waals surface area contributed by atoms with Gasteiger partial charge in [-0.15, -0.1) is 0 Å². The predicted molar refractivity (Wildman–Crippen MR) is 95.1 cm³/mol. The molecule has 0 unspecified atom stereocenters. The number of halogens is 1. The number of carbonyl (C=O) groups is 1. The van der Waals surface area contributed by atoms with Crippen LogP contribution in [0.5, 0.6) is 0 Å². The molecule has 1 aliphatic rings. The van der Waals surface area contributed by atoms with E-state index in [2.05, 4.69) is 42.3 Å². The van der Waals surface area contributed by atoms with Gasteiger partial charge in [0.15, 0.2) is 0 Å². The molecular formula is C19H22FN3O. The number of aryl methyl sites for hydroxylation is 2. The lowest BCUT2D eigenvalue weighted by Gasteiger charge is -2.36. The van der Waals surface area contributed by atoms with E-state index in [9.17, 15) is 9.18 Å². The lowest BCUT2D eigenvalue weighted by molar-refractivity contribution is 0.208. The van der Waals surface area contributed by atoms with Gasteiger partial charge in [0.2, 0.25) is 0 Å². The summed E-state index contributed by atoms with van der Waals surface area (Å²) in [6.07, 6.45) is 0. The first kappa shape index (κ1) is 16.3. The zero-order chi connectivity index (χ0) is 17.1. The Labute approximate surface area is 141 Å². The van der Waals surface area contributed by atoms with Crippen molar-refractivity contribution >= 4 is 17.4 Å². The van der Waals surface area contributed by atoms with Crippen molar-refractivity contribution in [2.24, 2.45) is 0 Å². The van der Waals surface area contributed by atoms with Crippen LogP contribution in [0.2, 0.25) is 0 Å². The molecule has 0 saturated carbocycles. The number of urea groups is 1. The molecule has 2 amide bonds. The van der Waals surface area contributed by atoms with Crippen LogP contribution >= 0.6 is 0 Å². The number of hydrogen-bond acceptors (Lipinski definition) is 2. The number of nitrogens with one attached hydrogen (secondary N) is 1. The largest absolute Gasteiger partial charge is 0.368 e. The number of nitrogens with zero attached hydrogens (tertiary/aromatic N) is 2. The van der Waals surface area contributed by atoms with Crippen molar-refractivity contribution < 1.29 is 9.18 Å². The van der Waals surface area contributed by atoms with E-state index in [-0.39, 0.29) is 11.7 Å². The van der Waals surface area contributed by atoms with Gasteiger partial charge < -0.3 is 15.1 Å². The molecule has 3 rings (SSSR count). The molecule has 4 nitrogen and oxygen atoms in total. The summed E-state index contributed by atoms with van der Waals surface area (Å²) in [5.74, 6) is -0.417. The summed E-state index contributed by atoms with van der Waals surface area (Å²) in [6.45, 7) is 6.96. The van der Waals surface area contributed by atoms with Crippen LogP contribution in [-0.2, 0) is 0 Å². The lowest BCUT2D eigenvalue weighted by Crippen LogP contribution is -2.50. The summed E-state index contributed by atoms with van der Waals surface area (Å²) in [4.78, 5) is 16.3. The molecule has 1 aliphatic heterocycles. The minimum absolute atomic E-state index is 0.222. The van der Waals surface area contributed by atoms with Crippen molar-refractivity contribution in [1.29, 1.82) is 0 Å². The fourth-order valence-electron chi connectivity index (χ4n) is 3.06. The van der Waals surface area contributed by atoms with Gasteiger partial charge in [0, 0.05) is 31.9 Å². The van der Waals surface area contributed by atoms with Crippen LogP contribution in [0.4, 0.5) is 20.6 Å². The topological polar surface area (TPSA) is 35.6 Å². The third kappa shape index (κ3) is 3.67. The number of rotatable bonds is 2. The average molecular weight is 327 g/mol. The molecule has 0 radical (unpaired) electrons. The normalized spacial score (nSPS) is 14.6. The molecule has 0 aromatic heterocycles. The highest BCUT2D eigenvalue weighted by Gasteiger charge is 2.22. The van der Waals surface area contributed by atoms with Crippen molar-refractivity contribution in [2.75, 3.05) is 36.4 Å². The van der Waals surface area contributed by atoms with Gasteiger partial charge in [0.05, 0.1) is 5.69 Å². The van der Waals surface area contributed by atoms with Gasteiger partial charge in [0.1, 0.15) is 5.82 Å². The Morgan fingerprint density at radius 3 is 2.25 bits per heavy atom. The number of hydrogen-bond donors (Lipinski definition) is 1. The van der Waals surface area contributed by atoms with Crippen LogP contribution in [0.3, 0.4) is 0 Å². The van der Waals surface area contributed by atoms with Crippen LogP contribution in [0.1, 0.15) is 11.1 Å². The monoisotopic (exact) mass is 327 g/mol. The first-order valence-corrected chi connectivity index (χ1v) is 8.16. The standard InChI is InChI=1S/C19H22FN3O/c1-14-11-15(2)13-16(12-14)22-7-9-23(10-8-22)19(24)21-18-6-4-3-5-17(18)20/h3-6,11-13H,7-10H2,1-2H3,(H,21,24). The van der Waals surface area contributed by atoms with Crippen molar-refractivity contribution in [3.05, 3.63) is 59.4 Å². The number of amides is 2. The maximum atomic E-state index is 13.6. The zero-order valence-corrected chi connectivity index (χ0v) is 14.1. The molecule has 1 N–H and O–H groups in total. The molecule has 2 aromatic carbocycles. The number of carbonyl (C=O) groups excluding carboxylic acids is 1. The van der Waals surface area contributed by atoms with Crippen LogP contribution in [-0.4, -0.2) is 37.1 Å². The highest BCUT2D eigenvalue weighted by Crippen LogP contribution is 2.21. The van der Waals surface area contributed by atoms with Crippen molar-refractivity contribution in [1.82, 2.24) is 4.90 Å². The van der Waals surface area contributed by atoms with Gasteiger partial charge in [-0.25, -0.2) is 9.18 Å². The molecule has 2 aromatic rings. The average Bonchev–Trinajstić information content (AvgIpc) is 2.56. The SMILES string of the molecule is Cc1cc(C)cc(N2CCN(C(=O)Nc3ccccc3F)CC2)c1. The summed E-state index contributed by atoms with van der Waals surface area (Å²) < 4.78 is 13.6. The summed E-state index contributed by atoms with van der Waals surface area (Å²) in [5.41, 5.74) is 3.90. The lowest BCUT2D eigenvalue weighted by atomic mass is 10.1. The fourth-order valence-corrected chi connectivity index (χ4v) is 3.06. The Balaban J connectivity index is 1.60. The summed E-state index contributed by atoms with van der Waals surface area (Å²) in [5, 5.41) is 2.65. The van der Waals surface area contributed by atoms with Gasteiger partial charge in [0.25, 0.3) is 0 Å². The van der Waals surface area contributed by atoms with E-state index in [1.807, 2.05) is 0 Å². The van der Waals surface area contributed by atoms with Crippen LogP contribution < -0.4 is 10.2 Å². The van der Waals surface area contributed by atoms with Gasteiger partial charge in [-0.2, -0.15) is 0 Å². The number of benzene rings is 2. The molecule has 24 heavy (non-hydrogen) atoms. The zero-order valence-electron chi connectivity index (χ0n) is 14.1. The smallest absolute Gasteiger partial charge is 0.322 e. The van der Waals surface area contributed by atoms with E-state index >= 15 is 0 Å². The van der Waals surface area contributed by atoms with E-state index in [0.717, 1.165) is 13.1 Å². The van der Waals surface area contributed by atoms with Crippen molar-refractivity contribution in [3.8, 4) is 0 Å². The Bertz CT molecular complexity index is 719. The third-order valence-corrected chi connectivity index (χ3v) is 4.25. The molecule has 5 heteroatoms. The molecule has 0 aliphatic carbocycles. The molecular weight excluding hydrogens is 305 g/mol. The van der Waals surface area contributed by atoms with Gasteiger partial charge >= 0.3 is 6.03 Å². The van der Waals surface area contributed by atoms with Gasteiger partial charge in [-0.1, -0.05) is 18.2 Å². The van der Waals surface area contributed by atoms with E-state index in [4.69, 9.17) is 0 Å². The Morgan fingerprint density at radius 1 is 1.00 bits per heavy atom. The molecule has 0 bridgehead atoms. The second-order valence-corrected chi connectivity index (χ2v) is 6.23. The van der Waals surface area contributed by atoms with Crippen LogP contribution in [0, 0.1) is 19.7 Å². The maximum Gasteiger partial charge on any atom is 0.322 e. The van der Waals surface area contributed by atoms with Crippen molar-refractivity contribution in [2.45, 2.75) is 13.8 Å². The second-order valence-electron chi connectivity index (χ2n) is 6.23. The Hall–Kier alpha value is -2.56. The quantitative estimate of drug-likeness (QED) is 0.911. The van der Waals surface area contributed by atoms with E-state index < -0.39 is 5.82 Å². The highest BCUT2D eigenvalue weighted by atomic mass is 19.1. The molecule has 1 fully saturated rings. The Morgan fingerprint density at radius 2 is 1.62 bits per heavy atom. The van der Waals surface area contributed by atoms with Crippen LogP contribution in [0.15, 0.2) is 42.5 Å². The van der Waals surface area contributed by atoms with Crippen LogP contribution in [0.25, 0.3) is 0 Å². The third-order valence-electron chi connectivity index (χ3n) is 4.25. The number of anilines is 2. The minimum atomic E-state index is -0.417. The summed E-state index contributed by atoms with van der Waals surface area (Å²) in [6, 6.07) is 12.5.